The monoisotopic (exact) mass is 390 g/mol. The van der Waals surface area contributed by atoms with Crippen molar-refractivity contribution in [3.8, 4) is 28.4 Å². The molecule has 0 aromatic heterocycles. The van der Waals surface area contributed by atoms with Gasteiger partial charge in [0.2, 0.25) is 0 Å². The van der Waals surface area contributed by atoms with Crippen LogP contribution in [0.15, 0.2) is 30.3 Å². The van der Waals surface area contributed by atoms with Crippen molar-refractivity contribution in [1.29, 1.82) is 0 Å². The summed E-state index contributed by atoms with van der Waals surface area (Å²) in [4.78, 5) is 22.8. The summed E-state index contributed by atoms with van der Waals surface area (Å²) in [7, 11) is 4.27. The molecule has 2 rings (SSSR count). The predicted octanol–water partition coefficient (Wildman–Crippen LogP) is 1.55. The van der Waals surface area contributed by atoms with Crippen molar-refractivity contribution in [3.63, 3.8) is 0 Å². The largest absolute Gasteiger partial charge is 0.497 e. The summed E-state index contributed by atoms with van der Waals surface area (Å²) in [5, 5.41) is 18.7. The molecule has 0 saturated heterocycles. The van der Waals surface area contributed by atoms with E-state index in [2.05, 4.69) is 0 Å². The van der Waals surface area contributed by atoms with Crippen LogP contribution in [0.5, 0.6) is 17.2 Å². The maximum absolute atomic E-state index is 11.6. The molecule has 0 radical (unpaired) electrons. The number of hydrogen-bond acceptors (Lipinski definition) is 7. The van der Waals surface area contributed by atoms with Crippen LogP contribution in [0.1, 0.15) is 23.2 Å². The van der Waals surface area contributed by atoms with Crippen molar-refractivity contribution in [3.05, 3.63) is 41.5 Å². The standard InChI is InChI=1S/C19H22N2O7/c1-26-10-7-12(17(21)19(24)25)15(14(8-10)28-3)11-6-9(16(20)18(22)23)4-5-13(11)27-2/h4-8,16-17H,20-21H2,1-3H3,(H,22,23)(H,24,25)/t16-,17-/m0/s1. The zero-order valence-electron chi connectivity index (χ0n) is 15.6. The molecule has 0 heterocycles. The maximum Gasteiger partial charge on any atom is 0.325 e. The molecule has 2 aromatic carbocycles. The Hall–Kier alpha value is -3.30. The molecule has 6 N–H and O–H groups in total. The van der Waals surface area contributed by atoms with E-state index in [4.69, 9.17) is 25.7 Å². The lowest BCUT2D eigenvalue weighted by Gasteiger charge is -2.21. The SMILES string of the molecule is COc1cc(OC)c(-c2cc([C@H](N)C(=O)O)ccc2OC)c([C@H](N)C(=O)O)c1. The van der Waals surface area contributed by atoms with E-state index in [0.29, 0.717) is 28.2 Å². The van der Waals surface area contributed by atoms with E-state index in [1.165, 1.54) is 39.5 Å². The second-order valence-corrected chi connectivity index (χ2v) is 5.89. The van der Waals surface area contributed by atoms with Crippen LogP contribution in [-0.2, 0) is 9.59 Å². The highest BCUT2D eigenvalue weighted by Gasteiger charge is 2.26. The molecule has 9 nitrogen and oxygen atoms in total. The summed E-state index contributed by atoms with van der Waals surface area (Å²) >= 11 is 0. The van der Waals surface area contributed by atoms with Crippen molar-refractivity contribution in [1.82, 2.24) is 0 Å². The quantitative estimate of drug-likeness (QED) is 0.525. The van der Waals surface area contributed by atoms with Crippen LogP contribution in [0.2, 0.25) is 0 Å². The van der Waals surface area contributed by atoms with E-state index in [1.54, 1.807) is 12.1 Å². The Kier molecular flexibility index (Phi) is 6.45. The van der Waals surface area contributed by atoms with Gasteiger partial charge in [-0.25, -0.2) is 0 Å². The minimum absolute atomic E-state index is 0.211. The highest BCUT2D eigenvalue weighted by Crippen LogP contribution is 2.44. The summed E-state index contributed by atoms with van der Waals surface area (Å²) in [6.45, 7) is 0. The van der Waals surface area contributed by atoms with Gasteiger partial charge in [0.15, 0.2) is 0 Å². The number of ether oxygens (including phenoxy) is 3. The molecule has 9 heteroatoms. The van der Waals surface area contributed by atoms with Gasteiger partial charge >= 0.3 is 11.9 Å². The number of carboxylic acids is 2. The minimum atomic E-state index is -1.39. The van der Waals surface area contributed by atoms with E-state index in [9.17, 15) is 19.8 Å². The van der Waals surface area contributed by atoms with Crippen LogP contribution in [0.3, 0.4) is 0 Å². The summed E-state index contributed by atoms with van der Waals surface area (Å²) in [6, 6.07) is 4.98. The summed E-state index contributed by atoms with van der Waals surface area (Å²) in [5.41, 5.74) is 12.9. The van der Waals surface area contributed by atoms with E-state index < -0.39 is 24.0 Å². The third-order valence-corrected chi connectivity index (χ3v) is 4.28. The number of aliphatic carboxylic acids is 2. The molecule has 0 saturated carbocycles. The van der Waals surface area contributed by atoms with Crippen molar-refractivity contribution >= 4 is 11.9 Å². The molecule has 2 atom stereocenters. The van der Waals surface area contributed by atoms with Crippen LogP contribution in [0, 0.1) is 0 Å². The molecular weight excluding hydrogens is 368 g/mol. The molecule has 0 aliphatic carbocycles. The smallest absolute Gasteiger partial charge is 0.325 e. The van der Waals surface area contributed by atoms with Gasteiger partial charge in [-0.3, -0.25) is 9.59 Å². The Balaban J connectivity index is 2.86. The molecule has 0 bridgehead atoms. The molecule has 150 valence electrons. The van der Waals surface area contributed by atoms with Crippen LogP contribution in [-0.4, -0.2) is 43.5 Å². The van der Waals surface area contributed by atoms with Gasteiger partial charge in [0, 0.05) is 17.2 Å². The first-order valence-corrected chi connectivity index (χ1v) is 8.16. The number of carboxylic acid groups (broad SMARTS) is 2. The number of methoxy groups -OCH3 is 3. The Morgan fingerprint density at radius 2 is 1.46 bits per heavy atom. The Bertz CT molecular complexity index is 898. The maximum atomic E-state index is 11.6. The summed E-state index contributed by atoms with van der Waals surface area (Å²) in [6.07, 6.45) is 0. The van der Waals surface area contributed by atoms with Gasteiger partial charge in [-0.05, 0) is 29.3 Å². The lowest BCUT2D eigenvalue weighted by atomic mass is 9.91. The van der Waals surface area contributed by atoms with Gasteiger partial charge in [-0.2, -0.15) is 0 Å². The van der Waals surface area contributed by atoms with E-state index in [-0.39, 0.29) is 11.3 Å². The first-order chi connectivity index (χ1) is 13.2. The van der Waals surface area contributed by atoms with Gasteiger partial charge in [-0.15, -0.1) is 0 Å². The van der Waals surface area contributed by atoms with Gasteiger partial charge in [0.25, 0.3) is 0 Å². The fraction of sp³-hybridized carbons (Fsp3) is 0.263. The van der Waals surface area contributed by atoms with Gasteiger partial charge in [0.1, 0.15) is 29.3 Å². The first-order valence-electron chi connectivity index (χ1n) is 8.16. The third kappa shape index (κ3) is 4.00. The molecule has 0 unspecified atom stereocenters. The van der Waals surface area contributed by atoms with Crippen LogP contribution >= 0.6 is 0 Å². The van der Waals surface area contributed by atoms with E-state index >= 15 is 0 Å². The number of hydrogen-bond donors (Lipinski definition) is 4. The molecule has 28 heavy (non-hydrogen) atoms. The molecule has 0 aliphatic rings. The highest BCUT2D eigenvalue weighted by atomic mass is 16.5. The van der Waals surface area contributed by atoms with Crippen molar-refractivity contribution in [2.75, 3.05) is 21.3 Å². The molecule has 0 aliphatic heterocycles. The molecule has 2 aromatic rings. The minimum Gasteiger partial charge on any atom is -0.497 e. The topological polar surface area (TPSA) is 154 Å². The zero-order chi connectivity index (χ0) is 21.0. The Morgan fingerprint density at radius 1 is 0.857 bits per heavy atom. The average Bonchev–Trinajstić information content (AvgIpc) is 2.70. The normalized spacial score (nSPS) is 12.8. The lowest BCUT2D eigenvalue weighted by molar-refractivity contribution is -0.139. The van der Waals surface area contributed by atoms with Gasteiger partial charge < -0.3 is 35.9 Å². The van der Waals surface area contributed by atoms with Crippen molar-refractivity contribution in [2.24, 2.45) is 11.5 Å². The lowest BCUT2D eigenvalue weighted by Crippen LogP contribution is -2.22. The fourth-order valence-electron chi connectivity index (χ4n) is 2.81. The second kappa shape index (κ2) is 8.59. The highest BCUT2D eigenvalue weighted by molar-refractivity contribution is 5.87. The van der Waals surface area contributed by atoms with E-state index in [0.717, 1.165) is 0 Å². The fourth-order valence-corrected chi connectivity index (χ4v) is 2.81. The third-order valence-electron chi connectivity index (χ3n) is 4.28. The van der Waals surface area contributed by atoms with Crippen LogP contribution in [0.25, 0.3) is 11.1 Å². The number of carbonyl (C=O) groups is 2. The average molecular weight is 390 g/mol. The summed E-state index contributed by atoms with van der Waals surface area (Å²) < 4.78 is 16.0. The number of rotatable bonds is 8. The van der Waals surface area contributed by atoms with Crippen molar-refractivity contribution in [2.45, 2.75) is 12.1 Å². The van der Waals surface area contributed by atoms with Crippen molar-refractivity contribution < 1.29 is 34.0 Å². The van der Waals surface area contributed by atoms with E-state index in [1.807, 2.05) is 0 Å². The van der Waals surface area contributed by atoms with Gasteiger partial charge in [-0.1, -0.05) is 6.07 Å². The number of nitrogens with two attached hydrogens (primary N) is 2. The Morgan fingerprint density at radius 3 is 1.96 bits per heavy atom. The molecule has 0 spiro atoms. The predicted molar refractivity (Wildman–Crippen MR) is 101 cm³/mol. The Labute approximate surface area is 161 Å². The van der Waals surface area contributed by atoms with Gasteiger partial charge in [0.05, 0.1) is 21.3 Å². The first kappa shape index (κ1) is 21.0. The second-order valence-electron chi connectivity index (χ2n) is 5.89. The summed E-state index contributed by atoms with van der Waals surface area (Å²) in [5.74, 6) is -1.46. The molecular formula is C19H22N2O7. The van der Waals surface area contributed by atoms with Crippen LogP contribution in [0.4, 0.5) is 0 Å². The number of benzene rings is 2. The molecule has 0 amide bonds. The zero-order valence-corrected chi connectivity index (χ0v) is 15.6. The molecule has 0 fully saturated rings. The van der Waals surface area contributed by atoms with Crippen LogP contribution < -0.4 is 25.7 Å².